The van der Waals surface area contributed by atoms with Crippen LogP contribution in [0.3, 0.4) is 0 Å². The van der Waals surface area contributed by atoms with Gasteiger partial charge in [-0.15, -0.1) is 0 Å². The Morgan fingerprint density at radius 3 is 2.50 bits per heavy atom. The fourth-order valence-electron chi connectivity index (χ4n) is 4.71. The molecule has 0 aromatic rings. The number of piperidine rings is 2. The topological polar surface area (TPSA) is 32.8 Å². The second-order valence-corrected chi connectivity index (χ2v) is 7.68. The predicted octanol–water partition coefficient (Wildman–Crippen LogP) is 2.53. The highest BCUT2D eigenvalue weighted by molar-refractivity contribution is 5.79. The molecule has 0 unspecified atom stereocenters. The summed E-state index contributed by atoms with van der Waals surface area (Å²) in [6.07, 6.45) is 9.81. The number of amides is 1. The molecule has 1 saturated carbocycles. The molecule has 2 heterocycles. The second kappa shape index (κ2) is 7.31. The van der Waals surface area contributed by atoms with E-state index in [1.54, 1.807) is 7.11 Å². The van der Waals surface area contributed by atoms with Crippen LogP contribution < -0.4 is 0 Å². The molecule has 0 bridgehead atoms. The number of nitrogens with zero attached hydrogens (tertiary/aromatic N) is 2. The number of likely N-dealkylation sites (tertiary alicyclic amines) is 2. The molecule has 2 aliphatic heterocycles. The van der Waals surface area contributed by atoms with Gasteiger partial charge in [-0.1, -0.05) is 12.8 Å². The van der Waals surface area contributed by atoms with Gasteiger partial charge in [-0.25, -0.2) is 0 Å². The van der Waals surface area contributed by atoms with Gasteiger partial charge in [-0.05, 0) is 57.0 Å². The van der Waals surface area contributed by atoms with Gasteiger partial charge in [0.1, 0.15) is 0 Å². The number of carbonyl (C=O) groups is 1. The molecule has 2 saturated heterocycles. The minimum atomic E-state index is 0.344. The molecule has 0 atom stereocenters. The average Bonchev–Trinajstić information content (AvgIpc) is 3.08. The summed E-state index contributed by atoms with van der Waals surface area (Å²) in [7, 11) is 1.78. The first-order valence-corrected chi connectivity index (χ1v) is 9.23. The van der Waals surface area contributed by atoms with E-state index < -0.39 is 0 Å². The Morgan fingerprint density at radius 1 is 1.09 bits per heavy atom. The maximum absolute atomic E-state index is 12.7. The van der Waals surface area contributed by atoms with Crippen molar-refractivity contribution in [3.8, 4) is 0 Å². The zero-order valence-corrected chi connectivity index (χ0v) is 14.2. The SMILES string of the molecule is COCCN1CCC2(CCCN(C(=O)C3CCCC3)C2)CC1. The molecule has 3 aliphatic rings. The van der Waals surface area contributed by atoms with Gasteiger partial charge in [0.2, 0.25) is 5.91 Å². The van der Waals surface area contributed by atoms with E-state index in [1.165, 1.54) is 51.6 Å². The van der Waals surface area contributed by atoms with Crippen LogP contribution in [-0.2, 0) is 9.53 Å². The minimum Gasteiger partial charge on any atom is -0.383 e. The summed E-state index contributed by atoms with van der Waals surface area (Å²) in [5.74, 6) is 0.815. The summed E-state index contributed by atoms with van der Waals surface area (Å²) in [5, 5.41) is 0. The van der Waals surface area contributed by atoms with E-state index in [4.69, 9.17) is 4.74 Å². The number of methoxy groups -OCH3 is 1. The van der Waals surface area contributed by atoms with Crippen LogP contribution in [0.1, 0.15) is 51.4 Å². The van der Waals surface area contributed by atoms with Crippen molar-refractivity contribution in [3.63, 3.8) is 0 Å². The van der Waals surface area contributed by atoms with Crippen molar-refractivity contribution < 1.29 is 9.53 Å². The van der Waals surface area contributed by atoms with Gasteiger partial charge >= 0.3 is 0 Å². The van der Waals surface area contributed by atoms with E-state index in [0.717, 1.165) is 39.1 Å². The Labute approximate surface area is 135 Å². The predicted molar refractivity (Wildman–Crippen MR) is 87.8 cm³/mol. The first kappa shape index (κ1) is 16.3. The molecule has 126 valence electrons. The average molecular weight is 308 g/mol. The zero-order valence-electron chi connectivity index (χ0n) is 14.2. The van der Waals surface area contributed by atoms with E-state index in [1.807, 2.05) is 0 Å². The van der Waals surface area contributed by atoms with Gasteiger partial charge in [0.15, 0.2) is 0 Å². The molecule has 4 nitrogen and oxygen atoms in total. The lowest BCUT2D eigenvalue weighted by molar-refractivity contribution is -0.140. The number of ether oxygens (including phenoxy) is 1. The monoisotopic (exact) mass is 308 g/mol. The Bertz CT molecular complexity index is 371. The molecular weight excluding hydrogens is 276 g/mol. The Morgan fingerprint density at radius 2 is 1.82 bits per heavy atom. The van der Waals surface area contributed by atoms with Crippen LogP contribution in [0, 0.1) is 11.3 Å². The normalized spacial score (nSPS) is 26.7. The van der Waals surface area contributed by atoms with Crippen molar-refractivity contribution in [1.82, 2.24) is 9.80 Å². The van der Waals surface area contributed by atoms with Crippen LogP contribution in [0.2, 0.25) is 0 Å². The zero-order chi connectivity index (χ0) is 15.4. The third kappa shape index (κ3) is 3.65. The third-order valence-corrected chi connectivity index (χ3v) is 6.21. The first-order valence-electron chi connectivity index (χ1n) is 9.23. The number of hydrogen-bond acceptors (Lipinski definition) is 3. The summed E-state index contributed by atoms with van der Waals surface area (Å²) < 4.78 is 5.19. The maximum Gasteiger partial charge on any atom is 0.225 e. The van der Waals surface area contributed by atoms with Crippen LogP contribution in [0.5, 0.6) is 0 Å². The Balaban J connectivity index is 1.53. The van der Waals surface area contributed by atoms with Crippen LogP contribution in [-0.4, -0.2) is 62.1 Å². The summed E-state index contributed by atoms with van der Waals surface area (Å²) >= 11 is 0. The summed E-state index contributed by atoms with van der Waals surface area (Å²) in [4.78, 5) is 17.5. The van der Waals surface area contributed by atoms with Crippen molar-refractivity contribution in [1.29, 1.82) is 0 Å². The molecule has 3 rings (SSSR count). The van der Waals surface area contributed by atoms with Crippen molar-refractivity contribution >= 4 is 5.91 Å². The smallest absolute Gasteiger partial charge is 0.225 e. The lowest BCUT2D eigenvalue weighted by atomic mass is 9.72. The van der Waals surface area contributed by atoms with E-state index in [0.29, 0.717) is 17.2 Å². The van der Waals surface area contributed by atoms with Gasteiger partial charge in [0.25, 0.3) is 0 Å². The highest BCUT2D eigenvalue weighted by atomic mass is 16.5. The highest BCUT2D eigenvalue weighted by Crippen LogP contribution is 2.40. The molecule has 1 aliphatic carbocycles. The molecule has 4 heteroatoms. The Hall–Kier alpha value is -0.610. The summed E-state index contributed by atoms with van der Waals surface area (Å²) in [5.41, 5.74) is 0.413. The van der Waals surface area contributed by atoms with Gasteiger partial charge in [0, 0.05) is 32.7 Å². The minimum absolute atomic E-state index is 0.344. The lowest BCUT2D eigenvalue weighted by Gasteiger charge is -2.48. The van der Waals surface area contributed by atoms with E-state index in [9.17, 15) is 4.79 Å². The second-order valence-electron chi connectivity index (χ2n) is 7.68. The van der Waals surface area contributed by atoms with Crippen LogP contribution in [0.15, 0.2) is 0 Å². The third-order valence-electron chi connectivity index (χ3n) is 6.21. The molecule has 0 radical (unpaired) electrons. The Kier molecular flexibility index (Phi) is 5.40. The number of hydrogen-bond donors (Lipinski definition) is 0. The molecule has 1 spiro atoms. The fourth-order valence-corrected chi connectivity index (χ4v) is 4.71. The number of rotatable bonds is 4. The van der Waals surface area contributed by atoms with E-state index in [-0.39, 0.29) is 0 Å². The number of carbonyl (C=O) groups excluding carboxylic acids is 1. The molecule has 1 amide bonds. The van der Waals surface area contributed by atoms with Crippen LogP contribution in [0.4, 0.5) is 0 Å². The summed E-state index contributed by atoms with van der Waals surface area (Å²) in [6.45, 7) is 6.27. The fraction of sp³-hybridized carbons (Fsp3) is 0.944. The molecule has 3 fully saturated rings. The quantitative estimate of drug-likeness (QED) is 0.800. The van der Waals surface area contributed by atoms with E-state index >= 15 is 0 Å². The molecule has 0 N–H and O–H groups in total. The summed E-state index contributed by atoms with van der Waals surface area (Å²) in [6, 6.07) is 0. The molecule has 0 aromatic heterocycles. The van der Waals surface area contributed by atoms with Crippen molar-refractivity contribution in [2.24, 2.45) is 11.3 Å². The largest absolute Gasteiger partial charge is 0.383 e. The van der Waals surface area contributed by atoms with Gasteiger partial charge in [-0.2, -0.15) is 0 Å². The maximum atomic E-state index is 12.7. The molecular formula is C18H32N2O2. The molecule has 22 heavy (non-hydrogen) atoms. The van der Waals surface area contributed by atoms with Crippen molar-refractivity contribution in [3.05, 3.63) is 0 Å². The first-order chi connectivity index (χ1) is 10.7. The molecule has 0 aromatic carbocycles. The van der Waals surface area contributed by atoms with Gasteiger partial charge in [-0.3, -0.25) is 4.79 Å². The lowest BCUT2D eigenvalue weighted by Crippen LogP contribution is -2.52. The standard InChI is InChI=1S/C18H32N2O2/c1-22-14-13-19-11-8-18(9-12-19)7-4-10-20(15-18)17(21)16-5-2-3-6-16/h16H,2-15H2,1H3. The van der Waals surface area contributed by atoms with Gasteiger partial charge < -0.3 is 14.5 Å². The van der Waals surface area contributed by atoms with Crippen molar-refractivity contribution in [2.45, 2.75) is 51.4 Å². The van der Waals surface area contributed by atoms with Gasteiger partial charge in [0.05, 0.1) is 6.61 Å². The highest BCUT2D eigenvalue weighted by Gasteiger charge is 2.40. The van der Waals surface area contributed by atoms with Crippen LogP contribution in [0.25, 0.3) is 0 Å². The van der Waals surface area contributed by atoms with Crippen LogP contribution >= 0.6 is 0 Å². The van der Waals surface area contributed by atoms with Crippen molar-refractivity contribution in [2.75, 3.05) is 46.4 Å². The van der Waals surface area contributed by atoms with E-state index in [2.05, 4.69) is 9.80 Å².